The standard InChI is InChI=1S/C19H15N3O2S/c1-22(2)19(24)13-7-5-6-12(10-13)17(23)14(11-20)18-21-15-8-3-4-9-16(15)25-18/h3-10,14H,1-2H3/t14-/m0/s1. The number of aromatic nitrogens is 1. The summed E-state index contributed by atoms with van der Waals surface area (Å²) in [7, 11) is 3.30. The average molecular weight is 349 g/mol. The number of Topliss-reactive ketones (excluding diaryl/α,β-unsaturated/α-hetero) is 1. The minimum Gasteiger partial charge on any atom is -0.345 e. The van der Waals surface area contributed by atoms with Gasteiger partial charge in [0.25, 0.3) is 5.91 Å². The number of nitriles is 1. The minimum absolute atomic E-state index is 0.192. The van der Waals surface area contributed by atoms with Crippen LogP contribution in [-0.2, 0) is 0 Å². The van der Waals surface area contributed by atoms with Crippen molar-refractivity contribution in [1.82, 2.24) is 9.88 Å². The molecule has 25 heavy (non-hydrogen) atoms. The second-order valence-electron chi connectivity index (χ2n) is 5.73. The molecule has 124 valence electrons. The first-order valence-corrected chi connectivity index (χ1v) is 8.44. The molecule has 5 nitrogen and oxygen atoms in total. The Bertz CT molecular complexity index is 968. The Morgan fingerprint density at radius 1 is 1.12 bits per heavy atom. The lowest BCUT2D eigenvalue weighted by molar-refractivity contribution is 0.0827. The van der Waals surface area contributed by atoms with Gasteiger partial charge in [-0.25, -0.2) is 4.98 Å². The Kier molecular flexibility index (Phi) is 4.59. The van der Waals surface area contributed by atoms with Crippen LogP contribution in [0.1, 0.15) is 31.6 Å². The fourth-order valence-electron chi connectivity index (χ4n) is 2.47. The van der Waals surface area contributed by atoms with Crippen LogP contribution in [0.4, 0.5) is 0 Å². The van der Waals surface area contributed by atoms with Crippen molar-refractivity contribution in [1.29, 1.82) is 5.26 Å². The van der Waals surface area contributed by atoms with Gasteiger partial charge in [0, 0.05) is 25.2 Å². The summed E-state index contributed by atoms with van der Waals surface area (Å²) in [5.41, 5.74) is 1.52. The van der Waals surface area contributed by atoms with Gasteiger partial charge in [0.05, 0.1) is 16.3 Å². The van der Waals surface area contributed by atoms with Crippen molar-refractivity contribution < 1.29 is 9.59 Å². The Balaban J connectivity index is 1.97. The lowest BCUT2D eigenvalue weighted by Gasteiger charge is -2.11. The van der Waals surface area contributed by atoms with E-state index < -0.39 is 5.92 Å². The Hall–Kier alpha value is -3.04. The van der Waals surface area contributed by atoms with Crippen molar-refractivity contribution >= 4 is 33.2 Å². The lowest BCUT2D eigenvalue weighted by atomic mass is 9.97. The molecule has 1 amide bonds. The molecule has 0 N–H and O–H groups in total. The van der Waals surface area contributed by atoms with E-state index in [1.54, 1.807) is 32.3 Å². The van der Waals surface area contributed by atoms with Gasteiger partial charge in [-0.1, -0.05) is 24.3 Å². The van der Waals surface area contributed by atoms with Crippen LogP contribution in [0.2, 0.25) is 0 Å². The summed E-state index contributed by atoms with van der Waals surface area (Å²) in [6.07, 6.45) is 0. The number of nitrogens with zero attached hydrogens (tertiary/aromatic N) is 3. The second-order valence-corrected chi connectivity index (χ2v) is 6.79. The summed E-state index contributed by atoms with van der Waals surface area (Å²) in [4.78, 5) is 30.8. The third-order valence-corrected chi connectivity index (χ3v) is 4.85. The summed E-state index contributed by atoms with van der Waals surface area (Å²) < 4.78 is 0.932. The van der Waals surface area contributed by atoms with Crippen molar-refractivity contribution in [2.45, 2.75) is 5.92 Å². The largest absolute Gasteiger partial charge is 0.345 e. The summed E-state index contributed by atoms with van der Waals surface area (Å²) in [5, 5.41) is 9.99. The van der Waals surface area contributed by atoms with Crippen LogP contribution in [0.15, 0.2) is 48.5 Å². The SMILES string of the molecule is CN(C)C(=O)c1cccc(C(=O)[C@H](C#N)c2nc3ccccc3s2)c1. The van der Waals surface area contributed by atoms with Gasteiger partial charge in [0.2, 0.25) is 0 Å². The van der Waals surface area contributed by atoms with Gasteiger partial charge in [-0.3, -0.25) is 9.59 Å². The summed E-state index contributed by atoms with van der Waals surface area (Å²) in [6, 6.07) is 16.0. The number of carbonyl (C=O) groups is 2. The molecule has 3 rings (SSSR count). The van der Waals surface area contributed by atoms with Gasteiger partial charge in [-0.2, -0.15) is 5.26 Å². The maximum Gasteiger partial charge on any atom is 0.253 e. The number of thiazole rings is 1. The normalized spacial score (nSPS) is 11.7. The van der Waals surface area contributed by atoms with E-state index >= 15 is 0 Å². The molecule has 0 saturated heterocycles. The number of para-hydroxylation sites is 1. The van der Waals surface area contributed by atoms with Gasteiger partial charge in [-0.05, 0) is 24.3 Å². The highest BCUT2D eigenvalue weighted by Gasteiger charge is 2.26. The van der Waals surface area contributed by atoms with Crippen LogP contribution in [0.25, 0.3) is 10.2 Å². The van der Waals surface area contributed by atoms with Crippen LogP contribution in [-0.4, -0.2) is 35.7 Å². The van der Waals surface area contributed by atoms with Gasteiger partial charge in [0.1, 0.15) is 5.01 Å². The van der Waals surface area contributed by atoms with Crippen molar-refractivity contribution in [3.05, 3.63) is 64.7 Å². The number of carbonyl (C=O) groups excluding carboxylic acids is 2. The number of amides is 1. The molecular weight excluding hydrogens is 334 g/mol. The molecule has 1 atom stereocenters. The predicted octanol–water partition coefficient (Wildman–Crippen LogP) is 3.49. The number of fused-ring (bicyclic) bond motifs is 1. The van der Waals surface area contributed by atoms with E-state index in [1.807, 2.05) is 24.3 Å². The fourth-order valence-corrected chi connectivity index (χ4v) is 3.48. The molecule has 6 heteroatoms. The molecule has 2 aromatic carbocycles. The second kappa shape index (κ2) is 6.83. The molecule has 1 heterocycles. The van der Waals surface area contributed by atoms with E-state index in [-0.39, 0.29) is 11.7 Å². The molecule has 0 saturated carbocycles. The third kappa shape index (κ3) is 3.28. The molecule has 0 unspecified atom stereocenters. The maximum atomic E-state index is 12.8. The molecule has 0 aliphatic heterocycles. The number of benzene rings is 2. The first kappa shape index (κ1) is 16.8. The highest BCUT2D eigenvalue weighted by atomic mass is 32.1. The van der Waals surface area contributed by atoms with Crippen LogP contribution >= 0.6 is 11.3 Å². The van der Waals surface area contributed by atoms with Gasteiger partial charge in [0.15, 0.2) is 11.7 Å². The quantitative estimate of drug-likeness (QED) is 0.676. The van der Waals surface area contributed by atoms with Gasteiger partial charge in [-0.15, -0.1) is 11.3 Å². The molecule has 0 bridgehead atoms. The van der Waals surface area contributed by atoms with E-state index in [1.165, 1.54) is 22.3 Å². The van der Waals surface area contributed by atoms with Crippen LogP contribution in [0.3, 0.4) is 0 Å². The molecule has 0 spiro atoms. The summed E-state index contributed by atoms with van der Waals surface area (Å²) in [6.45, 7) is 0. The fraction of sp³-hybridized carbons (Fsp3) is 0.158. The molecule has 3 aromatic rings. The summed E-state index contributed by atoms with van der Waals surface area (Å²) in [5.74, 6) is -1.53. The first-order valence-electron chi connectivity index (χ1n) is 7.62. The van der Waals surface area contributed by atoms with E-state index in [0.717, 1.165) is 10.2 Å². The highest BCUT2D eigenvalue weighted by Crippen LogP contribution is 2.29. The van der Waals surface area contributed by atoms with Crippen LogP contribution in [0.5, 0.6) is 0 Å². The van der Waals surface area contributed by atoms with Crippen molar-refractivity contribution in [2.24, 2.45) is 0 Å². The van der Waals surface area contributed by atoms with Crippen LogP contribution < -0.4 is 0 Å². The number of hydrogen-bond donors (Lipinski definition) is 0. The average Bonchev–Trinajstić information content (AvgIpc) is 3.05. The van der Waals surface area contributed by atoms with Gasteiger partial charge >= 0.3 is 0 Å². The third-order valence-electron chi connectivity index (χ3n) is 3.75. The number of ketones is 1. The molecular formula is C19H15N3O2S. The lowest BCUT2D eigenvalue weighted by Crippen LogP contribution is -2.22. The Morgan fingerprint density at radius 2 is 1.84 bits per heavy atom. The van der Waals surface area contributed by atoms with E-state index in [9.17, 15) is 14.9 Å². The number of hydrogen-bond acceptors (Lipinski definition) is 5. The maximum absolute atomic E-state index is 12.8. The zero-order chi connectivity index (χ0) is 18.0. The van der Waals surface area contributed by atoms with Crippen molar-refractivity contribution in [2.75, 3.05) is 14.1 Å². The Morgan fingerprint density at radius 3 is 2.52 bits per heavy atom. The zero-order valence-electron chi connectivity index (χ0n) is 13.8. The van der Waals surface area contributed by atoms with Crippen molar-refractivity contribution in [3.63, 3.8) is 0 Å². The smallest absolute Gasteiger partial charge is 0.253 e. The minimum atomic E-state index is -0.984. The molecule has 0 fully saturated rings. The predicted molar refractivity (Wildman–Crippen MR) is 96.8 cm³/mol. The van der Waals surface area contributed by atoms with E-state index in [0.29, 0.717) is 16.1 Å². The topological polar surface area (TPSA) is 74.1 Å². The molecule has 0 radical (unpaired) electrons. The van der Waals surface area contributed by atoms with Crippen LogP contribution in [0, 0.1) is 11.3 Å². The highest BCUT2D eigenvalue weighted by molar-refractivity contribution is 7.18. The van der Waals surface area contributed by atoms with Crippen molar-refractivity contribution in [3.8, 4) is 6.07 Å². The number of rotatable bonds is 4. The molecule has 1 aromatic heterocycles. The van der Waals surface area contributed by atoms with E-state index in [2.05, 4.69) is 11.1 Å². The zero-order valence-corrected chi connectivity index (χ0v) is 14.6. The van der Waals surface area contributed by atoms with E-state index in [4.69, 9.17) is 0 Å². The van der Waals surface area contributed by atoms with Gasteiger partial charge < -0.3 is 4.90 Å². The first-order chi connectivity index (χ1) is 12.0. The molecule has 0 aliphatic rings. The monoisotopic (exact) mass is 349 g/mol. The Labute approximate surface area is 149 Å². The summed E-state index contributed by atoms with van der Waals surface area (Å²) >= 11 is 1.34. The molecule has 0 aliphatic carbocycles.